The number of hydrogen-bond donors (Lipinski definition) is 3. The van der Waals surface area contributed by atoms with Gasteiger partial charge < -0.3 is 15.3 Å². The molecule has 8 rings (SSSR count). The number of β-lactam (4-membered cyclic amide) rings is 1. The van der Waals surface area contributed by atoms with E-state index in [4.69, 9.17) is 0 Å². The lowest BCUT2D eigenvalue weighted by Gasteiger charge is -2.54. The van der Waals surface area contributed by atoms with Crippen LogP contribution in [0.4, 0.5) is 5.69 Å². The highest BCUT2D eigenvalue weighted by molar-refractivity contribution is 8.04. The number of thioether (sulfide) groups is 1. The molecule has 6 aliphatic rings. The zero-order chi connectivity index (χ0) is 30.3. The van der Waals surface area contributed by atoms with Crippen LogP contribution in [0.3, 0.4) is 0 Å². The predicted molar refractivity (Wildman–Crippen MR) is 164 cm³/mol. The Morgan fingerprint density at radius 2 is 1.74 bits per heavy atom. The SMILES string of the molecule is CC(O)C1C(=O)N2C(C(=O)O)=C(CN3c4cccc5c(CCC67CCC(CCCO)(CC6)CC7)ccc(c45)S3(=O)=O)SC12. The van der Waals surface area contributed by atoms with E-state index in [1.165, 1.54) is 54.7 Å². The number of nitrogens with zero attached hydrogens (tertiary/aromatic N) is 2. The Hall–Kier alpha value is -2.60. The molecule has 4 fully saturated rings. The van der Waals surface area contributed by atoms with Gasteiger partial charge in [-0.05, 0) is 105 Å². The van der Waals surface area contributed by atoms with Gasteiger partial charge in [-0.15, -0.1) is 0 Å². The van der Waals surface area contributed by atoms with Gasteiger partial charge in [0, 0.05) is 16.9 Å². The van der Waals surface area contributed by atoms with E-state index in [1.807, 2.05) is 18.2 Å². The molecule has 3 aliphatic carbocycles. The van der Waals surface area contributed by atoms with E-state index in [9.17, 15) is 33.3 Å². The van der Waals surface area contributed by atoms with Crippen molar-refractivity contribution in [3.8, 4) is 0 Å². The first-order valence-corrected chi connectivity index (χ1v) is 17.7. The zero-order valence-corrected chi connectivity index (χ0v) is 25.9. The summed E-state index contributed by atoms with van der Waals surface area (Å²) in [5.41, 5.74) is 2.21. The molecule has 0 spiro atoms. The van der Waals surface area contributed by atoms with Crippen molar-refractivity contribution in [1.82, 2.24) is 4.90 Å². The van der Waals surface area contributed by atoms with Crippen LogP contribution in [0.2, 0.25) is 0 Å². The fraction of sp³-hybridized carbons (Fsp3) is 0.562. The molecular formula is C32H38N2O7S2. The van der Waals surface area contributed by atoms with Crippen LogP contribution in [0.1, 0.15) is 70.3 Å². The third kappa shape index (κ3) is 4.36. The quantitative estimate of drug-likeness (QED) is 0.326. The van der Waals surface area contributed by atoms with E-state index in [2.05, 4.69) is 0 Å². The number of benzene rings is 2. The first-order valence-electron chi connectivity index (χ1n) is 15.3. The van der Waals surface area contributed by atoms with E-state index >= 15 is 0 Å². The minimum atomic E-state index is -3.95. The molecule has 3 N–H and O–H groups in total. The second kappa shape index (κ2) is 10.2. The van der Waals surface area contributed by atoms with Crippen LogP contribution in [-0.4, -0.2) is 65.1 Å². The van der Waals surface area contributed by atoms with Gasteiger partial charge in [0.2, 0.25) is 5.91 Å². The monoisotopic (exact) mass is 626 g/mol. The number of aliphatic hydroxyl groups is 2. The minimum absolute atomic E-state index is 0.189. The molecule has 0 aromatic heterocycles. The summed E-state index contributed by atoms with van der Waals surface area (Å²) in [6.07, 6.45) is 10.4. The molecule has 3 unspecified atom stereocenters. The number of aliphatic carboxylic acids is 1. The summed E-state index contributed by atoms with van der Waals surface area (Å²) in [7, 11) is -3.95. The third-order valence-electron chi connectivity index (χ3n) is 11.1. The molecule has 3 heterocycles. The molecule has 3 aliphatic heterocycles. The lowest BCUT2D eigenvalue weighted by Crippen LogP contribution is -2.60. The molecule has 230 valence electrons. The second-order valence-corrected chi connectivity index (χ2v) is 16.4. The highest BCUT2D eigenvalue weighted by atomic mass is 32.2. The molecule has 1 amide bonds. The van der Waals surface area contributed by atoms with Gasteiger partial charge in [0.1, 0.15) is 11.1 Å². The zero-order valence-electron chi connectivity index (χ0n) is 24.3. The molecular weight excluding hydrogens is 588 g/mol. The molecule has 2 bridgehead atoms. The average Bonchev–Trinajstić information content (AvgIpc) is 3.42. The van der Waals surface area contributed by atoms with Crippen LogP contribution in [0.5, 0.6) is 0 Å². The van der Waals surface area contributed by atoms with Crippen LogP contribution in [0.25, 0.3) is 10.8 Å². The van der Waals surface area contributed by atoms with Gasteiger partial charge in [0.15, 0.2) is 0 Å². The number of sulfonamides is 1. The summed E-state index contributed by atoms with van der Waals surface area (Å²) in [6.45, 7) is 1.59. The molecule has 1 saturated heterocycles. The number of carboxylic acids is 1. The number of fused-ring (bicyclic) bond motifs is 4. The molecule has 43 heavy (non-hydrogen) atoms. The first-order chi connectivity index (χ1) is 20.5. The van der Waals surface area contributed by atoms with E-state index in [0.29, 0.717) is 26.8 Å². The highest BCUT2D eigenvalue weighted by Crippen LogP contribution is 2.60. The maximum absolute atomic E-state index is 13.9. The molecule has 3 atom stereocenters. The van der Waals surface area contributed by atoms with Crippen molar-refractivity contribution < 1.29 is 33.3 Å². The van der Waals surface area contributed by atoms with Gasteiger partial charge in [-0.2, -0.15) is 0 Å². The number of carbonyl (C=O) groups excluding carboxylic acids is 1. The van der Waals surface area contributed by atoms with Gasteiger partial charge in [-0.3, -0.25) is 14.0 Å². The predicted octanol–water partition coefficient (Wildman–Crippen LogP) is 4.60. The van der Waals surface area contributed by atoms with Crippen molar-refractivity contribution in [1.29, 1.82) is 0 Å². The summed E-state index contributed by atoms with van der Waals surface area (Å²) < 4.78 is 29.0. The van der Waals surface area contributed by atoms with Crippen LogP contribution in [-0.2, 0) is 26.0 Å². The van der Waals surface area contributed by atoms with E-state index in [-0.39, 0.29) is 23.7 Å². The summed E-state index contributed by atoms with van der Waals surface area (Å²) >= 11 is 1.16. The van der Waals surface area contributed by atoms with E-state index in [0.717, 1.165) is 48.4 Å². The molecule has 2 aromatic carbocycles. The number of carboxylic acid groups (broad SMARTS) is 1. The van der Waals surface area contributed by atoms with Crippen LogP contribution in [0, 0.1) is 16.7 Å². The number of anilines is 1. The number of rotatable bonds is 10. The van der Waals surface area contributed by atoms with Gasteiger partial charge in [0.05, 0.1) is 29.1 Å². The number of carbonyl (C=O) groups is 2. The number of aryl methyl sites for hydroxylation is 1. The standard InChI is InChI=1S/C32H38N2O7S2/c1-19(36)25-28(37)34-27(30(38)39)23(42-29(25)34)18-33-22-5-2-4-21-20(6-7-24(26(21)22)43(33,40)41)8-10-32-14-11-31(12-15-32,13-16-32)9-3-17-35/h2,4-7,19,25,29,35-36H,3,8-18H2,1H3,(H,38,39). The fourth-order valence-electron chi connectivity index (χ4n) is 8.52. The summed E-state index contributed by atoms with van der Waals surface area (Å²) in [5, 5.41) is 30.4. The summed E-state index contributed by atoms with van der Waals surface area (Å²) in [5.74, 6) is -2.46. The van der Waals surface area contributed by atoms with Gasteiger partial charge in [-0.1, -0.05) is 30.0 Å². The van der Waals surface area contributed by atoms with Crippen molar-refractivity contribution in [3.05, 3.63) is 46.5 Å². The van der Waals surface area contributed by atoms with Crippen molar-refractivity contribution >= 4 is 50.1 Å². The second-order valence-electron chi connectivity index (χ2n) is 13.3. The van der Waals surface area contributed by atoms with Crippen molar-refractivity contribution in [3.63, 3.8) is 0 Å². The maximum Gasteiger partial charge on any atom is 0.353 e. The summed E-state index contributed by atoms with van der Waals surface area (Å²) in [4.78, 5) is 26.6. The largest absolute Gasteiger partial charge is 0.477 e. The number of amides is 1. The molecule has 3 saturated carbocycles. The van der Waals surface area contributed by atoms with Crippen LogP contribution >= 0.6 is 11.8 Å². The van der Waals surface area contributed by atoms with Crippen LogP contribution < -0.4 is 4.31 Å². The lowest BCUT2D eigenvalue weighted by atomic mass is 9.51. The van der Waals surface area contributed by atoms with E-state index < -0.39 is 39.3 Å². The van der Waals surface area contributed by atoms with Gasteiger partial charge >= 0.3 is 5.97 Å². The minimum Gasteiger partial charge on any atom is -0.477 e. The lowest BCUT2D eigenvalue weighted by molar-refractivity contribution is -0.156. The molecule has 9 nitrogen and oxygen atoms in total. The Bertz CT molecular complexity index is 1640. The number of aliphatic hydroxyl groups excluding tert-OH is 2. The Balaban J connectivity index is 1.15. The first kappa shape index (κ1) is 29.1. The average molecular weight is 627 g/mol. The normalized spacial score (nSPS) is 31.1. The smallest absolute Gasteiger partial charge is 0.353 e. The fourth-order valence-corrected chi connectivity index (χ4v) is 11.9. The molecule has 2 aromatic rings. The number of hydrogen-bond acceptors (Lipinski definition) is 7. The Morgan fingerprint density at radius 1 is 1.07 bits per heavy atom. The van der Waals surface area contributed by atoms with Crippen LogP contribution in [0.15, 0.2) is 45.8 Å². The Labute approximate surface area is 256 Å². The molecule has 11 heteroatoms. The Morgan fingerprint density at radius 3 is 2.37 bits per heavy atom. The molecule has 0 radical (unpaired) electrons. The van der Waals surface area contributed by atoms with Crippen molar-refractivity contribution in [2.75, 3.05) is 17.5 Å². The van der Waals surface area contributed by atoms with Gasteiger partial charge in [-0.25, -0.2) is 13.2 Å². The van der Waals surface area contributed by atoms with Crippen molar-refractivity contribution in [2.24, 2.45) is 16.7 Å². The Kier molecular flexibility index (Phi) is 6.92. The van der Waals surface area contributed by atoms with Gasteiger partial charge in [0.25, 0.3) is 10.0 Å². The maximum atomic E-state index is 13.9. The van der Waals surface area contributed by atoms with Crippen molar-refractivity contribution in [2.45, 2.75) is 87.5 Å². The summed E-state index contributed by atoms with van der Waals surface area (Å²) in [6, 6.07) is 9.26. The highest BCUT2D eigenvalue weighted by Gasteiger charge is 2.58. The topological polar surface area (TPSA) is 135 Å². The third-order valence-corrected chi connectivity index (χ3v) is 14.3. The van der Waals surface area contributed by atoms with E-state index in [1.54, 1.807) is 12.1 Å².